The molecule has 4 nitrogen and oxygen atoms in total. The quantitative estimate of drug-likeness (QED) is 0.782. The number of piperidine rings is 1. The van der Waals surface area contributed by atoms with E-state index in [0.717, 1.165) is 23.7 Å². The molecule has 118 valence electrons. The van der Waals surface area contributed by atoms with E-state index >= 15 is 0 Å². The first-order valence-electron chi connectivity index (χ1n) is 7.07. The Morgan fingerprint density at radius 1 is 1.38 bits per heavy atom. The third-order valence-corrected chi connectivity index (χ3v) is 7.52. The lowest BCUT2D eigenvalue weighted by atomic mass is 9.90. The van der Waals surface area contributed by atoms with Crippen LogP contribution in [0.25, 0.3) is 0 Å². The topological polar surface area (TPSA) is 63.4 Å². The molecule has 0 saturated carbocycles. The van der Waals surface area contributed by atoms with E-state index in [1.54, 1.807) is 22.5 Å². The maximum absolute atomic E-state index is 12.9. The largest absolute Gasteiger partial charge is 0.329 e. The first kappa shape index (κ1) is 17.4. The van der Waals surface area contributed by atoms with Crippen molar-refractivity contribution in [2.24, 2.45) is 11.7 Å². The van der Waals surface area contributed by atoms with Gasteiger partial charge in [0.25, 0.3) is 0 Å². The van der Waals surface area contributed by atoms with Gasteiger partial charge in [-0.05, 0) is 52.9 Å². The van der Waals surface area contributed by atoms with Crippen molar-refractivity contribution in [1.82, 2.24) is 4.31 Å². The van der Waals surface area contributed by atoms with E-state index in [1.807, 2.05) is 0 Å². The lowest BCUT2D eigenvalue weighted by Gasteiger charge is -2.37. The zero-order valence-electron chi connectivity index (χ0n) is 11.9. The van der Waals surface area contributed by atoms with Crippen LogP contribution < -0.4 is 5.73 Å². The van der Waals surface area contributed by atoms with Gasteiger partial charge in [0.2, 0.25) is 10.0 Å². The fraction of sp³-hybridized carbons (Fsp3) is 0.571. The second-order valence-electron chi connectivity index (χ2n) is 5.38. The minimum absolute atomic E-state index is 0.107. The second-order valence-corrected chi connectivity index (χ2v) is 9.01. The van der Waals surface area contributed by atoms with Gasteiger partial charge in [0.1, 0.15) is 0 Å². The number of halogens is 2. The molecule has 0 amide bonds. The molecule has 7 heteroatoms. The molecule has 0 radical (unpaired) electrons. The predicted octanol–water partition coefficient (Wildman–Crippen LogP) is 3.35. The summed E-state index contributed by atoms with van der Waals surface area (Å²) in [6.07, 6.45) is 2.83. The highest BCUT2D eigenvalue weighted by Crippen LogP contribution is 2.33. The molecule has 2 N–H and O–H groups in total. The van der Waals surface area contributed by atoms with Crippen LogP contribution in [0.2, 0.25) is 0 Å². The van der Waals surface area contributed by atoms with Crippen LogP contribution in [0.5, 0.6) is 0 Å². The van der Waals surface area contributed by atoms with Crippen molar-refractivity contribution in [1.29, 1.82) is 0 Å². The average Bonchev–Trinajstić information content (AvgIpc) is 2.46. The Morgan fingerprint density at radius 3 is 2.67 bits per heavy atom. The molecule has 2 unspecified atom stereocenters. The van der Waals surface area contributed by atoms with Gasteiger partial charge in [0.05, 0.1) is 4.90 Å². The summed E-state index contributed by atoms with van der Waals surface area (Å²) in [6, 6.07) is 5.02. The minimum atomic E-state index is -3.52. The molecule has 1 aromatic rings. The van der Waals surface area contributed by atoms with Gasteiger partial charge in [-0.25, -0.2) is 8.42 Å². The smallest absolute Gasteiger partial charge is 0.244 e. The van der Waals surface area contributed by atoms with Crippen molar-refractivity contribution in [2.45, 2.75) is 37.1 Å². The van der Waals surface area contributed by atoms with E-state index in [1.165, 1.54) is 0 Å². The summed E-state index contributed by atoms with van der Waals surface area (Å²) < 4.78 is 28.8. The van der Waals surface area contributed by atoms with Gasteiger partial charge < -0.3 is 5.73 Å². The van der Waals surface area contributed by atoms with E-state index in [-0.39, 0.29) is 6.04 Å². The Hall–Kier alpha value is 0.0500. The monoisotopic (exact) mass is 438 g/mol. The van der Waals surface area contributed by atoms with Crippen molar-refractivity contribution in [2.75, 3.05) is 13.1 Å². The van der Waals surface area contributed by atoms with Crippen LogP contribution in [0.1, 0.15) is 26.2 Å². The molecular weight excluding hydrogens is 420 g/mol. The van der Waals surface area contributed by atoms with Crippen LogP contribution in [0.3, 0.4) is 0 Å². The molecule has 1 aliphatic rings. The van der Waals surface area contributed by atoms with E-state index in [0.29, 0.717) is 28.4 Å². The number of hydrogen-bond acceptors (Lipinski definition) is 3. The summed E-state index contributed by atoms with van der Waals surface area (Å²) in [4.78, 5) is 0.305. The SMILES string of the molecule is CCC1CCN(S(=O)(=O)c2ccc(Br)cc2Br)C(CN)C1. The number of benzene rings is 1. The Bertz CT molecular complexity index is 607. The Balaban J connectivity index is 2.34. The van der Waals surface area contributed by atoms with Crippen LogP contribution in [-0.2, 0) is 10.0 Å². The summed E-state index contributed by atoms with van der Waals surface area (Å²) in [6.45, 7) is 3.06. The molecule has 1 aromatic carbocycles. The van der Waals surface area contributed by atoms with E-state index in [9.17, 15) is 8.42 Å². The molecule has 2 rings (SSSR count). The van der Waals surface area contributed by atoms with E-state index in [2.05, 4.69) is 38.8 Å². The van der Waals surface area contributed by atoms with Gasteiger partial charge in [0, 0.05) is 28.1 Å². The molecular formula is C14H20Br2N2O2S. The number of nitrogens with zero attached hydrogens (tertiary/aromatic N) is 1. The summed E-state index contributed by atoms with van der Waals surface area (Å²) in [5, 5.41) is 0. The number of sulfonamides is 1. The maximum atomic E-state index is 12.9. The first-order valence-corrected chi connectivity index (χ1v) is 10.1. The van der Waals surface area contributed by atoms with Crippen molar-refractivity contribution in [3.63, 3.8) is 0 Å². The molecule has 1 saturated heterocycles. The Morgan fingerprint density at radius 2 is 2.10 bits per heavy atom. The predicted molar refractivity (Wildman–Crippen MR) is 91.6 cm³/mol. The second kappa shape index (κ2) is 7.08. The summed E-state index contributed by atoms with van der Waals surface area (Å²) in [7, 11) is -3.52. The maximum Gasteiger partial charge on any atom is 0.244 e. The van der Waals surface area contributed by atoms with Gasteiger partial charge in [-0.3, -0.25) is 0 Å². The summed E-state index contributed by atoms with van der Waals surface area (Å²) in [5.74, 6) is 0.568. The third kappa shape index (κ3) is 3.69. The van der Waals surface area contributed by atoms with Crippen LogP contribution in [0, 0.1) is 5.92 Å². The number of nitrogens with two attached hydrogens (primary N) is 1. The van der Waals surface area contributed by atoms with Gasteiger partial charge in [0.15, 0.2) is 0 Å². The molecule has 0 spiro atoms. The van der Waals surface area contributed by atoms with Gasteiger partial charge in [-0.15, -0.1) is 0 Å². The highest BCUT2D eigenvalue weighted by molar-refractivity contribution is 9.11. The molecule has 1 heterocycles. The zero-order chi connectivity index (χ0) is 15.6. The van der Waals surface area contributed by atoms with Gasteiger partial charge in [-0.1, -0.05) is 29.3 Å². The number of hydrogen-bond donors (Lipinski definition) is 1. The average molecular weight is 440 g/mol. The highest BCUT2D eigenvalue weighted by atomic mass is 79.9. The van der Waals surface area contributed by atoms with Crippen molar-refractivity contribution in [3.8, 4) is 0 Å². The van der Waals surface area contributed by atoms with Crippen LogP contribution >= 0.6 is 31.9 Å². The molecule has 21 heavy (non-hydrogen) atoms. The first-order chi connectivity index (χ1) is 9.90. The van der Waals surface area contributed by atoms with E-state index in [4.69, 9.17) is 5.73 Å². The molecule has 1 fully saturated rings. The molecule has 2 atom stereocenters. The van der Waals surface area contributed by atoms with Gasteiger partial charge in [-0.2, -0.15) is 4.31 Å². The summed E-state index contributed by atoms with van der Waals surface area (Å²) >= 11 is 6.69. The minimum Gasteiger partial charge on any atom is -0.329 e. The van der Waals surface area contributed by atoms with E-state index < -0.39 is 10.0 Å². The van der Waals surface area contributed by atoms with Crippen molar-refractivity contribution in [3.05, 3.63) is 27.1 Å². The number of rotatable bonds is 4. The van der Waals surface area contributed by atoms with Crippen molar-refractivity contribution >= 4 is 41.9 Å². The Kier molecular flexibility index (Phi) is 5.87. The lowest BCUT2D eigenvalue weighted by molar-refractivity contribution is 0.197. The van der Waals surface area contributed by atoms with Crippen LogP contribution in [0.15, 0.2) is 32.0 Å². The zero-order valence-corrected chi connectivity index (χ0v) is 15.9. The molecule has 1 aliphatic heterocycles. The molecule has 0 bridgehead atoms. The highest BCUT2D eigenvalue weighted by Gasteiger charge is 2.36. The Labute approximate surface area is 143 Å². The molecule has 0 aromatic heterocycles. The summed E-state index contributed by atoms with van der Waals surface area (Å²) in [5.41, 5.74) is 5.82. The lowest BCUT2D eigenvalue weighted by Crippen LogP contribution is -2.49. The fourth-order valence-corrected chi connectivity index (χ4v) is 6.19. The molecule has 0 aliphatic carbocycles. The van der Waals surface area contributed by atoms with Crippen LogP contribution in [-0.4, -0.2) is 31.9 Å². The van der Waals surface area contributed by atoms with Gasteiger partial charge >= 0.3 is 0 Å². The van der Waals surface area contributed by atoms with Crippen molar-refractivity contribution < 1.29 is 8.42 Å². The van der Waals surface area contributed by atoms with Crippen LogP contribution in [0.4, 0.5) is 0 Å². The third-order valence-electron chi connectivity index (χ3n) is 4.10. The standard InChI is InChI=1S/C14H20Br2N2O2S/c1-2-10-5-6-18(12(7-10)9-17)21(19,20)14-4-3-11(15)8-13(14)16/h3-4,8,10,12H,2,5-7,9,17H2,1H3. The fourth-order valence-electron chi connectivity index (χ4n) is 2.82. The normalized spacial score (nSPS) is 24.2.